The number of nitrogens with one attached hydrogen (secondary N) is 1. The molecule has 21 heavy (non-hydrogen) atoms. The van der Waals surface area contributed by atoms with Gasteiger partial charge in [0.1, 0.15) is 5.25 Å². The van der Waals surface area contributed by atoms with Crippen LogP contribution in [0.15, 0.2) is 11.6 Å². The van der Waals surface area contributed by atoms with Crippen LogP contribution in [0.1, 0.15) is 12.8 Å². The SMILES string of the molecule is O=C([O-])CCN1C(=O)SC(CC(=O)Nc2nccs2)C1=O. The van der Waals surface area contributed by atoms with Crippen LogP contribution in [0, 0.1) is 0 Å². The number of hydrogen-bond donors (Lipinski definition) is 1. The normalized spacial score (nSPS) is 18.1. The quantitative estimate of drug-likeness (QED) is 0.759. The number of aromatic nitrogens is 1. The van der Waals surface area contributed by atoms with Crippen molar-refractivity contribution in [3.05, 3.63) is 11.6 Å². The lowest BCUT2D eigenvalue weighted by Crippen LogP contribution is -2.36. The van der Waals surface area contributed by atoms with Gasteiger partial charge in [-0.3, -0.25) is 19.3 Å². The van der Waals surface area contributed by atoms with E-state index in [1.165, 1.54) is 17.5 Å². The monoisotopic (exact) mass is 328 g/mol. The number of carbonyl (C=O) groups excluding carboxylic acids is 4. The standard InChI is InChI=1S/C11H11N3O5S2/c15-7(13-10-12-2-4-20-10)5-6-9(18)14(11(19)21-6)3-1-8(16)17/h2,4,6H,1,3,5H2,(H,16,17)(H,12,13,15)/p-1. The molecule has 1 aromatic rings. The van der Waals surface area contributed by atoms with Crippen LogP contribution in [0.4, 0.5) is 9.93 Å². The van der Waals surface area contributed by atoms with Gasteiger partial charge in [-0.25, -0.2) is 4.98 Å². The van der Waals surface area contributed by atoms with Crippen molar-refractivity contribution in [2.45, 2.75) is 18.1 Å². The summed E-state index contributed by atoms with van der Waals surface area (Å²) in [4.78, 5) is 50.4. The Morgan fingerprint density at radius 2 is 2.19 bits per heavy atom. The van der Waals surface area contributed by atoms with Crippen LogP contribution in [0.2, 0.25) is 0 Å². The summed E-state index contributed by atoms with van der Waals surface area (Å²) in [6.45, 7) is -0.238. The highest BCUT2D eigenvalue weighted by molar-refractivity contribution is 8.15. The summed E-state index contributed by atoms with van der Waals surface area (Å²) in [5, 5.41) is 13.6. The highest BCUT2D eigenvalue weighted by Gasteiger charge is 2.40. The zero-order valence-electron chi connectivity index (χ0n) is 10.6. The lowest BCUT2D eigenvalue weighted by Gasteiger charge is -2.13. The highest BCUT2D eigenvalue weighted by atomic mass is 32.2. The number of amides is 3. The first-order valence-electron chi connectivity index (χ1n) is 5.88. The third-order valence-corrected chi connectivity index (χ3v) is 4.36. The van der Waals surface area contributed by atoms with Crippen LogP contribution in [-0.4, -0.2) is 44.7 Å². The Balaban J connectivity index is 1.89. The van der Waals surface area contributed by atoms with E-state index in [0.717, 1.165) is 16.7 Å². The molecular weight excluding hydrogens is 318 g/mol. The zero-order chi connectivity index (χ0) is 15.4. The number of imide groups is 1. The predicted molar refractivity (Wildman–Crippen MR) is 73.5 cm³/mol. The topological polar surface area (TPSA) is 120 Å². The summed E-state index contributed by atoms with van der Waals surface area (Å²) >= 11 is 1.96. The Bertz CT molecular complexity index is 574. The van der Waals surface area contributed by atoms with E-state index in [0.29, 0.717) is 5.13 Å². The Labute approximate surface area is 127 Å². The van der Waals surface area contributed by atoms with E-state index in [4.69, 9.17) is 0 Å². The third kappa shape index (κ3) is 4.02. The van der Waals surface area contributed by atoms with E-state index in [1.807, 2.05) is 0 Å². The average Bonchev–Trinajstić information content (AvgIpc) is 2.98. The summed E-state index contributed by atoms with van der Waals surface area (Å²) < 4.78 is 0. The molecule has 2 heterocycles. The van der Waals surface area contributed by atoms with Gasteiger partial charge in [0.25, 0.3) is 5.24 Å². The van der Waals surface area contributed by atoms with Crippen LogP contribution in [0.3, 0.4) is 0 Å². The molecule has 0 spiro atoms. The lowest BCUT2D eigenvalue weighted by molar-refractivity contribution is -0.305. The Hall–Kier alpha value is -1.94. The number of thioether (sulfide) groups is 1. The second-order valence-corrected chi connectivity index (χ2v) is 6.12. The molecule has 0 aliphatic carbocycles. The molecule has 1 N–H and O–H groups in total. The van der Waals surface area contributed by atoms with Crippen LogP contribution >= 0.6 is 23.1 Å². The minimum absolute atomic E-state index is 0.170. The van der Waals surface area contributed by atoms with Crippen molar-refractivity contribution in [2.24, 2.45) is 0 Å². The van der Waals surface area contributed by atoms with Crippen molar-refractivity contribution in [1.29, 1.82) is 0 Å². The van der Waals surface area contributed by atoms with E-state index >= 15 is 0 Å². The number of carboxylic acids is 1. The maximum atomic E-state index is 11.9. The molecule has 1 aliphatic rings. The van der Waals surface area contributed by atoms with Crippen LogP contribution in [0.5, 0.6) is 0 Å². The van der Waals surface area contributed by atoms with Crippen LogP contribution < -0.4 is 10.4 Å². The maximum Gasteiger partial charge on any atom is 0.289 e. The fraction of sp³-hybridized carbons (Fsp3) is 0.364. The van der Waals surface area contributed by atoms with Crippen molar-refractivity contribution in [3.63, 3.8) is 0 Å². The van der Waals surface area contributed by atoms with Gasteiger partial charge in [0.15, 0.2) is 5.13 Å². The zero-order valence-corrected chi connectivity index (χ0v) is 12.2. The molecular formula is C11H10N3O5S2-. The summed E-state index contributed by atoms with van der Waals surface area (Å²) in [6, 6.07) is 0. The summed E-state index contributed by atoms with van der Waals surface area (Å²) in [7, 11) is 0. The molecule has 0 aromatic carbocycles. The molecule has 0 saturated carbocycles. The smallest absolute Gasteiger partial charge is 0.289 e. The molecule has 0 radical (unpaired) electrons. The summed E-state index contributed by atoms with van der Waals surface area (Å²) in [5.74, 6) is -2.32. The van der Waals surface area contributed by atoms with Gasteiger partial charge < -0.3 is 15.2 Å². The molecule has 1 saturated heterocycles. The number of carboxylic acid groups (broad SMARTS) is 1. The molecule has 1 aliphatic heterocycles. The number of carbonyl (C=O) groups is 4. The fourth-order valence-electron chi connectivity index (χ4n) is 1.66. The predicted octanol–water partition coefficient (Wildman–Crippen LogP) is -0.324. The van der Waals surface area contributed by atoms with Crippen molar-refractivity contribution < 1.29 is 24.3 Å². The molecule has 1 atom stereocenters. The second kappa shape index (κ2) is 6.68. The summed E-state index contributed by atoms with van der Waals surface area (Å²) in [5.41, 5.74) is 0. The van der Waals surface area contributed by atoms with E-state index < -0.39 is 34.7 Å². The third-order valence-electron chi connectivity index (χ3n) is 2.59. The second-order valence-electron chi connectivity index (χ2n) is 4.07. The molecule has 8 nitrogen and oxygen atoms in total. The van der Waals surface area contributed by atoms with Gasteiger partial charge in [0.2, 0.25) is 11.8 Å². The molecule has 1 fully saturated rings. The van der Waals surface area contributed by atoms with E-state index in [9.17, 15) is 24.3 Å². The molecule has 3 amide bonds. The average molecular weight is 328 g/mol. The highest BCUT2D eigenvalue weighted by Crippen LogP contribution is 2.29. The number of thiazole rings is 1. The molecule has 10 heteroatoms. The molecule has 1 unspecified atom stereocenters. The van der Waals surface area contributed by atoms with Crippen LogP contribution in [0.25, 0.3) is 0 Å². The van der Waals surface area contributed by atoms with E-state index in [2.05, 4.69) is 10.3 Å². The first-order valence-corrected chi connectivity index (χ1v) is 7.64. The van der Waals surface area contributed by atoms with Gasteiger partial charge in [0.05, 0.1) is 0 Å². The van der Waals surface area contributed by atoms with Gasteiger partial charge in [-0.15, -0.1) is 11.3 Å². The first-order chi connectivity index (χ1) is 9.97. The van der Waals surface area contributed by atoms with Crippen molar-refractivity contribution in [3.8, 4) is 0 Å². The van der Waals surface area contributed by atoms with Crippen molar-refractivity contribution in [2.75, 3.05) is 11.9 Å². The summed E-state index contributed by atoms with van der Waals surface area (Å²) in [6.07, 6.45) is 0.938. The van der Waals surface area contributed by atoms with Gasteiger partial charge >= 0.3 is 0 Å². The fourth-order valence-corrected chi connectivity index (χ4v) is 3.22. The van der Waals surface area contributed by atoms with Gasteiger partial charge in [0, 0.05) is 36.9 Å². The van der Waals surface area contributed by atoms with Gasteiger partial charge in [-0.05, 0) is 0 Å². The van der Waals surface area contributed by atoms with Crippen molar-refractivity contribution in [1.82, 2.24) is 9.88 Å². The molecule has 0 bridgehead atoms. The Morgan fingerprint density at radius 3 is 2.81 bits per heavy atom. The molecule has 1 aromatic heterocycles. The number of anilines is 1. The maximum absolute atomic E-state index is 11.9. The number of rotatable bonds is 6. The van der Waals surface area contributed by atoms with E-state index in [1.54, 1.807) is 5.38 Å². The number of aliphatic carboxylic acids is 1. The van der Waals surface area contributed by atoms with Gasteiger partial charge in [-0.2, -0.15) is 0 Å². The minimum atomic E-state index is -1.34. The van der Waals surface area contributed by atoms with Crippen molar-refractivity contribution >= 4 is 51.3 Å². The Morgan fingerprint density at radius 1 is 1.43 bits per heavy atom. The molecule has 112 valence electrons. The molecule has 2 rings (SSSR count). The number of nitrogens with zero attached hydrogens (tertiary/aromatic N) is 2. The van der Waals surface area contributed by atoms with Gasteiger partial charge in [-0.1, -0.05) is 11.8 Å². The number of hydrogen-bond acceptors (Lipinski definition) is 8. The van der Waals surface area contributed by atoms with Crippen LogP contribution in [-0.2, 0) is 14.4 Å². The Kier molecular flexibility index (Phi) is 4.91. The van der Waals surface area contributed by atoms with E-state index in [-0.39, 0.29) is 13.0 Å². The minimum Gasteiger partial charge on any atom is -0.550 e. The first kappa shape index (κ1) is 15.4. The largest absolute Gasteiger partial charge is 0.550 e. The lowest BCUT2D eigenvalue weighted by atomic mass is 10.2.